The van der Waals surface area contributed by atoms with Gasteiger partial charge >= 0.3 is 6.01 Å². The molecule has 0 aliphatic heterocycles. The molecule has 0 fully saturated rings. The van der Waals surface area contributed by atoms with Gasteiger partial charge in [-0.3, -0.25) is 4.21 Å². The van der Waals surface area contributed by atoms with Gasteiger partial charge in [0.15, 0.2) is 0 Å². The van der Waals surface area contributed by atoms with E-state index >= 15 is 0 Å². The van der Waals surface area contributed by atoms with E-state index in [0.29, 0.717) is 17.7 Å². The molecule has 0 amide bonds. The van der Waals surface area contributed by atoms with Gasteiger partial charge in [-0.05, 0) is 26.8 Å². The van der Waals surface area contributed by atoms with Crippen LogP contribution in [0.1, 0.15) is 39.1 Å². The highest BCUT2D eigenvalue weighted by Crippen LogP contribution is 2.14. The van der Waals surface area contributed by atoms with Crippen LogP contribution in [0.15, 0.2) is 4.42 Å². The first-order valence-corrected chi connectivity index (χ1v) is 7.89. The van der Waals surface area contributed by atoms with E-state index < -0.39 is 10.8 Å². The Morgan fingerprint density at radius 1 is 1.39 bits per heavy atom. The molecular formula is C11H22N4O2S. The summed E-state index contributed by atoms with van der Waals surface area (Å²) in [5.41, 5.74) is 0. The summed E-state index contributed by atoms with van der Waals surface area (Å²) in [7, 11) is -0.766. The fourth-order valence-electron chi connectivity index (χ4n) is 1.49. The van der Waals surface area contributed by atoms with Gasteiger partial charge in [0.2, 0.25) is 5.89 Å². The summed E-state index contributed by atoms with van der Waals surface area (Å²) in [6.45, 7) is 6.86. The third kappa shape index (κ3) is 5.14. The monoisotopic (exact) mass is 274 g/mol. The third-order valence-corrected chi connectivity index (χ3v) is 3.34. The zero-order valence-corrected chi connectivity index (χ0v) is 12.2. The van der Waals surface area contributed by atoms with Crippen molar-refractivity contribution in [3.05, 3.63) is 5.89 Å². The first-order valence-electron chi connectivity index (χ1n) is 6.16. The molecule has 0 bridgehead atoms. The minimum absolute atomic E-state index is 0.0523. The van der Waals surface area contributed by atoms with Gasteiger partial charge in [-0.2, -0.15) is 0 Å². The maximum atomic E-state index is 11.0. The van der Waals surface area contributed by atoms with Crippen molar-refractivity contribution in [2.45, 2.75) is 39.3 Å². The molecule has 0 aromatic carbocycles. The molecule has 0 aliphatic carbocycles. The molecule has 7 heteroatoms. The van der Waals surface area contributed by atoms with Crippen LogP contribution in [0.5, 0.6) is 0 Å². The molecule has 0 spiro atoms. The Labute approximate surface area is 110 Å². The lowest BCUT2D eigenvalue weighted by Gasteiger charge is -2.10. The largest absolute Gasteiger partial charge is 0.406 e. The number of rotatable bonds is 8. The molecule has 6 nitrogen and oxygen atoms in total. The Bertz CT molecular complexity index is 383. The molecule has 18 heavy (non-hydrogen) atoms. The number of nitrogens with one attached hydrogen (secondary N) is 2. The van der Waals surface area contributed by atoms with Gasteiger partial charge in [-0.1, -0.05) is 12.0 Å². The zero-order valence-electron chi connectivity index (χ0n) is 11.4. The van der Waals surface area contributed by atoms with Gasteiger partial charge in [-0.25, -0.2) is 0 Å². The first-order chi connectivity index (χ1) is 8.52. The molecule has 1 rings (SSSR count). The Morgan fingerprint density at radius 3 is 2.72 bits per heavy atom. The molecule has 3 unspecified atom stereocenters. The van der Waals surface area contributed by atoms with Crippen LogP contribution in [-0.2, 0) is 10.8 Å². The molecule has 1 aromatic heterocycles. The van der Waals surface area contributed by atoms with Crippen LogP contribution in [-0.4, -0.2) is 39.0 Å². The predicted molar refractivity (Wildman–Crippen MR) is 73.0 cm³/mol. The van der Waals surface area contributed by atoms with Crippen LogP contribution < -0.4 is 10.6 Å². The van der Waals surface area contributed by atoms with Crippen molar-refractivity contribution in [1.82, 2.24) is 15.5 Å². The van der Waals surface area contributed by atoms with E-state index in [9.17, 15) is 4.21 Å². The zero-order chi connectivity index (χ0) is 13.5. The Morgan fingerprint density at radius 2 is 2.11 bits per heavy atom. The lowest BCUT2D eigenvalue weighted by atomic mass is 10.3. The summed E-state index contributed by atoms with van der Waals surface area (Å²) in [5, 5.41) is 14.2. The molecule has 0 saturated carbocycles. The van der Waals surface area contributed by atoms with Crippen LogP contribution >= 0.6 is 0 Å². The lowest BCUT2D eigenvalue weighted by molar-refractivity contribution is 0.426. The molecular weight excluding hydrogens is 252 g/mol. The summed E-state index contributed by atoms with van der Waals surface area (Å²) >= 11 is 0. The second-order valence-corrected chi connectivity index (χ2v) is 5.89. The topological polar surface area (TPSA) is 80.0 Å². The molecule has 0 saturated heterocycles. The van der Waals surface area contributed by atoms with Crippen molar-refractivity contribution in [2.75, 3.05) is 23.9 Å². The van der Waals surface area contributed by atoms with Crippen molar-refractivity contribution in [3.63, 3.8) is 0 Å². The highest BCUT2D eigenvalue weighted by Gasteiger charge is 2.14. The second kappa shape index (κ2) is 7.48. The van der Waals surface area contributed by atoms with E-state index in [1.807, 2.05) is 20.8 Å². The summed E-state index contributed by atoms with van der Waals surface area (Å²) < 4.78 is 16.5. The third-order valence-electron chi connectivity index (χ3n) is 2.53. The fourth-order valence-corrected chi connectivity index (χ4v) is 2.17. The average Bonchev–Trinajstić information content (AvgIpc) is 2.75. The number of aromatic nitrogens is 2. The number of hydrogen-bond acceptors (Lipinski definition) is 6. The van der Waals surface area contributed by atoms with Crippen molar-refractivity contribution >= 4 is 16.8 Å². The smallest absolute Gasteiger partial charge is 0.315 e. The van der Waals surface area contributed by atoms with E-state index in [2.05, 4.69) is 20.8 Å². The molecule has 104 valence electrons. The SMILES string of the molecule is CCNC(C)c1nnc(NC(C)CCS(C)=O)o1. The van der Waals surface area contributed by atoms with Crippen LogP contribution in [0.25, 0.3) is 0 Å². The minimum Gasteiger partial charge on any atom is -0.406 e. The standard InChI is InChI=1S/C11H22N4O2S/c1-5-12-9(3)10-14-15-11(17-10)13-8(2)6-7-18(4)16/h8-9,12H,5-7H2,1-4H3,(H,13,15). The summed E-state index contributed by atoms with van der Waals surface area (Å²) in [6, 6.07) is 0.636. The Hall–Kier alpha value is -0.950. The molecule has 0 aliphatic rings. The van der Waals surface area contributed by atoms with Crippen molar-refractivity contribution in [3.8, 4) is 0 Å². The van der Waals surface area contributed by atoms with Crippen molar-refractivity contribution in [1.29, 1.82) is 0 Å². The Balaban J connectivity index is 2.45. The van der Waals surface area contributed by atoms with Gasteiger partial charge in [0.1, 0.15) is 0 Å². The minimum atomic E-state index is -0.766. The highest BCUT2D eigenvalue weighted by atomic mass is 32.2. The summed E-state index contributed by atoms with van der Waals surface area (Å²) in [4.78, 5) is 0. The maximum absolute atomic E-state index is 11.0. The van der Waals surface area contributed by atoms with Crippen LogP contribution in [0.2, 0.25) is 0 Å². The summed E-state index contributed by atoms with van der Waals surface area (Å²) in [6.07, 6.45) is 2.51. The predicted octanol–water partition coefficient (Wildman–Crippen LogP) is 1.31. The second-order valence-electron chi connectivity index (χ2n) is 4.34. The van der Waals surface area contributed by atoms with E-state index in [4.69, 9.17) is 4.42 Å². The lowest BCUT2D eigenvalue weighted by Crippen LogP contribution is -2.18. The summed E-state index contributed by atoms with van der Waals surface area (Å²) in [5.74, 6) is 1.24. The van der Waals surface area contributed by atoms with Crippen LogP contribution in [0.3, 0.4) is 0 Å². The van der Waals surface area contributed by atoms with Crippen molar-refractivity contribution < 1.29 is 8.63 Å². The van der Waals surface area contributed by atoms with Gasteiger partial charge in [-0.15, -0.1) is 5.10 Å². The highest BCUT2D eigenvalue weighted by molar-refractivity contribution is 7.84. The van der Waals surface area contributed by atoms with Gasteiger partial charge in [0.25, 0.3) is 0 Å². The molecule has 3 atom stereocenters. The number of nitrogens with zero attached hydrogens (tertiary/aromatic N) is 2. The van der Waals surface area contributed by atoms with Crippen LogP contribution in [0.4, 0.5) is 6.01 Å². The van der Waals surface area contributed by atoms with Gasteiger partial charge in [0.05, 0.1) is 6.04 Å². The first kappa shape index (κ1) is 15.1. The van der Waals surface area contributed by atoms with E-state index in [0.717, 1.165) is 13.0 Å². The van der Waals surface area contributed by atoms with Crippen molar-refractivity contribution in [2.24, 2.45) is 0 Å². The normalized spacial score (nSPS) is 16.2. The van der Waals surface area contributed by atoms with E-state index in [-0.39, 0.29) is 12.1 Å². The van der Waals surface area contributed by atoms with Crippen LogP contribution in [0, 0.1) is 0 Å². The van der Waals surface area contributed by atoms with E-state index in [1.165, 1.54) is 0 Å². The van der Waals surface area contributed by atoms with Gasteiger partial charge < -0.3 is 15.1 Å². The molecule has 1 aromatic rings. The number of anilines is 1. The molecule has 2 N–H and O–H groups in total. The maximum Gasteiger partial charge on any atom is 0.315 e. The quantitative estimate of drug-likeness (QED) is 0.744. The molecule has 1 heterocycles. The Kier molecular flexibility index (Phi) is 6.28. The average molecular weight is 274 g/mol. The van der Waals surface area contributed by atoms with E-state index in [1.54, 1.807) is 6.26 Å². The van der Waals surface area contributed by atoms with Gasteiger partial charge in [0, 0.05) is 28.9 Å². The number of hydrogen-bond donors (Lipinski definition) is 2. The molecule has 0 radical (unpaired) electrons. The fraction of sp³-hybridized carbons (Fsp3) is 0.818.